The normalized spacial score (nSPS) is 11.8. The second-order valence-corrected chi connectivity index (χ2v) is 13.7. The molecular formula is C49H30N4. The first kappa shape index (κ1) is 29.4. The minimum atomic E-state index is 0.661. The predicted octanol–water partition coefficient (Wildman–Crippen LogP) is 12.5. The summed E-state index contributed by atoms with van der Waals surface area (Å²) in [5, 5.41) is 16.7. The van der Waals surface area contributed by atoms with E-state index in [4.69, 9.17) is 0 Å². The fourth-order valence-electron chi connectivity index (χ4n) is 8.57. The Morgan fingerprint density at radius 3 is 1.23 bits per heavy atom. The molecule has 53 heavy (non-hydrogen) atoms. The highest BCUT2D eigenvalue weighted by Crippen LogP contribution is 2.43. The van der Waals surface area contributed by atoms with Gasteiger partial charge in [-0.05, 0) is 77.9 Å². The Morgan fingerprint density at radius 2 is 0.736 bits per heavy atom. The lowest BCUT2D eigenvalue weighted by molar-refractivity contribution is 1.13. The number of nitriles is 1. The molecule has 3 aromatic heterocycles. The van der Waals surface area contributed by atoms with Gasteiger partial charge < -0.3 is 13.7 Å². The lowest BCUT2D eigenvalue weighted by Crippen LogP contribution is -2.01. The summed E-state index contributed by atoms with van der Waals surface area (Å²) in [5.74, 6) is 0. The van der Waals surface area contributed by atoms with Crippen LogP contribution in [0.5, 0.6) is 0 Å². The Bertz CT molecular complexity index is 3170. The Hall–Kier alpha value is -7.35. The van der Waals surface area contributed by atoms with Gasteiger partial charge in [-0.2, -0.15) is 5.26 Å². The number of para-hydroxylation sites is 5. The van der Waals surface area contributed by atoms with Gasteiger partial charge in [0.2, 0.25) is 0 Å². The third-order valence-electron chi connectivity index (χ3n) is 10.9. The smallest absolute Gasteiger partial charge is 0.0991 e. The number of fused-ring (bicyclic) bond motifs is 9. The summed E-state index contributed by atoms with van der Waals surface area (Å²) in [4.78, 5) is 0. The van der Waals surface area contributed by atoms with Gasteiger partial charge in [0.15, 0.2) is 0 Å². The van der Waals surface area contributed by atoms with Crippen molar-refractivity contribution in [2.24, 2.45) is 0 Å². The highest BCUT2D eigenvalue weighted by molar-refractivity contribution is 6.17. The van der Waals surface area contributed by atoms with Crippen LogP contribution in [0.15, 0.2) is 182 Å². The van der Waals surface area contributed by atoms with Gasteiger partial charge in [-0.3, -0.25) is 0 Å². The van der Waals surface area contributed by atoms with Gasteiger partial charge in [0, 0.05) is 38.0 Å². The Balaban J connectivity index is 1.27. The standard InChI is InChI=1S/C49H30N4/c50-31-32-21-23-33(24-22-32)34-25-27-35(28-26-34)51-46-20-10-5-15-41(46)49-47(51)29-36(52-42-16-6-1-11-37(42)38-12-2-7-17-43(38)52)30-48(49)53-44-18-8-3-13-39(44)40-14-4-9-19-45(40)53/h1-30H. The Morgan fingerprint density at radius 1 is 0.340 bits per heavy atom. The van der Waals surface area contributed by atoms with Crippen molar-refractivity contribution in [3.05, 3.63) is 188 Å². The van der Waals surface area contributed by atoms with Gasteiger partial charge in [0.1, 0.15) is 0 Å². The molecule has 0 aliphatic carbocycles. The molecule has 0 unspecified atom stereocenters. The molecule has 0 aliphatic rings. The van der Waals surface area contributed by atoms with Crippen molar-refractivity contribution < 1.29 is 0 Å². The highest BCUT2D eigenvalue weighted by atomic mass is 15.0. The summed E-state index contributed by atoms with van der Waals surface area (Å²) in [5.41, 5.74) is 13.2. The van der Waals surface area contributed by atoms with E-state index in [1.54, 1.807) is 0 Å². The summed E-state index contributed by atoms with van der Waals surface area (Å²) >= 11 is 0. The van der Waals surface area contributed by atoms with Crippen LogP contribution in [0.2, 0.25) is 0 Å². The van der Waals surface area contributed by atoms with Gasteiger partial charge in [-0.1, -0.05) is 115 Å². The van der Waals surface area contributed by atoms with Gasteiger partial charge in [0.05, 0.1) is 56.1 Å². The molecule has 0 atom stereocenters. The average Bonchev–Trinajstić information content (AvgIpc) is 3.87. The third-order valence-corrected chi connectivity index (χ3v) is 10.9. The van der Waals surface area contributed by atoms with Gasteiger partial charge in [-0.15, -0.1) is 0 Å². The van der Waals surface area contributed by atoms with Crippen LogP contribution >= 0.6 is 0 Å². The van der Waals surface area contributed by atoms with Crippen molar-refractivity contribution in [1.29, 1.82) is 5.26 Å². The first-order valence-electron chi connectivity index (χ1n) is 17.9. The zero-order valence-electron chi connectivity index (χ0n) is 28.6. The molecule has 4 nitrogen and oxygen atoms in total. The average molecular weight is 675 g/mol. The topological polar surface area (TPSA) is 38.6 Å². The minimum absolute atomic E-state index is 0.661. The van der Waals surface area contributed by atoms with Gasteiger partial charge in [-0.25, -0.2) is 0 Å². The molecule has 3 heterocycles. The van der Waals surface area contributed by atoms with E-state index in [0.717, 1.165) is 39.2 Å². The molecule has 4 heteroatoms. The number of aromatic nitrogens is 3. The van der Waals surface area contributed by atoms with Gasteiger partial charge in [0.25, 0.3) is 0 Å². The highest BCUT2D eigenvalue weighted by Gasteiger charge is 2.22. The molecule has 11 aromatic rings. The van der Waals surface area contributed by atoms with Crippen LogP contribution in [0.25, 0.3) is 93.6 Å². The molecule has 0 bridgehead atoms. The molecule has 0 spiro atoms. The number of benzene rings is 8. The lowest BCUT2D eigenvalue weighted by Gasteiger charge is -2.16. The number of nitrogens with zero attached hydrogens (tertiary/aromatic N) is 4. The van der Waals surface area contributed by atoms with E-state index in [-0.39, 0.29) is 0 Å². The van der Waals surface area contributed by atoms with E-state index in [1.807, 2.05) is 24.3 Å². The van der Waals surface area contributed by atoms with Crippen molar-refractivity contribution in [2.45, 2.75) is 0 Å². The molecule has 0 radical (unpaired) electrons. The lowest BCUT2D eigenvalue weighted by atomic mass is 10.0. The number of hydrogen-bond acceptors (Lipinski definition) is 1. The molecular weight excluding hydrogens is 645 g/mol. The van der Waals surface area contributed by atoms with Crippen molar-refractivity contribution in [1.82, 2.24) is 13.7 Å². The number of rotatable bonds is 4. The zero-order valence-corrected chi connectivity index (χ0v) is 28.6. The quantitative estimate of drug-likeness (QED) is 0.183. The summed E-state index contributed by atoms with van der Waals surface area (Å²) in [6.45, 7) is 0. The van der Waals surface area contributed by atoms with Crippen LogP contribution in [0.1, 0.15) is 5.56 Å². The molecule has 0 amide bonds. The summed E-state index contributed by atoms with van der Waals surface area (Å²) in [6, 6.07) is 67.3. The van der Waals surface area contributed by atoms with Gasteiger partial charge >= 0.3 is 0 Å². The second-order valence-electron chi connectivity index (χ2n) is 13.7. The van der Waals surface area contributed by atoms with E-state index >= 15 is 0 Å². The molecule has 0 aliphatic heterocycles. The fourth-order valence-corrected chi connectivity index (χ4v) is 8.57. The van der Waals surface area contributed by atoms with E-state index < -0.39 is 0 Å². The second kappa shape index (κ2) is 11.3. The monoisotopic (exact) mass is 674 g/mol. The summed E-state index contributed by atoms with van der Waals surface area (Å²) in [7, 11) is 0. The van der Waals surface area contributed by atoms with Crippen LogP contribution in [-0.4, -0.2) is 13.7 Å². The van der Waals surface area contributed by atoms with Crippen LogP contribution in [0.4, 0.5) is 0 Å². The van der Waals surface area contributed by atoms with Crippen LogP contribution in [-0.2, 0) is 0 Å². The number of hydrogen-bond donors (Lipinski definition) is 0. The molecule has 0 saturated carbocycles. The van der Waals surface area contributed by atoms with Crippen molar-refractivity contribution in [3.8, 4) is 34.3 Å². The molecule has 0 saturated heterocycles. The maximum Gasteiger partial charge on any atom is 0.0991 e. The molecule has 8 aromatic carbocycles. The van der Waals surface area contributed by atoms with Crippen molar-refractivity contribution in [2.75, 3.05) is 0 Å². The maximum atomic E-state index is 9.33. The minimum Gasteiger partial charge on any atom is -0.309 e. The first-order chi connectivity index (χ1) is 26.3. The predicted molar refractivity (Wildman–Crippen MR) is 220 cm³/mol. The van der Waals surface area contributed by atoms with E-state index in [1.165, 1.54) is 54.4 Å². The maximum absolute atomic E-state index is 9.33. The molecule has 246 valence electrons. The Kier molecular flexibility index (Phi) is 6.28. The van der Waals surface area contributed by atoms with E-state index in [0.29, 0.717) is 5.56 Å². The van der Waals surface area contributed by atoms with Crippen LogP contribution in [0.3, 0.4) is 0 Å². The summed E-state index contributed by atoms with van der Waals surface area (Å²) < 4.78 is 7.31. The SMILES string of the molecule is N#Cc1ccc(-c2ccc(-n3c4ccccc4c4c(-n5c6ccccc6c6ccccc65)cc(-n5c6ccccc6c6ccccc65)cc43)cc2)cc1. The summed E-state index contributed by atoms with van der Waals surface area (Å²) in [6.07, 6.45) is 0. The first-order valence-corrected chi connectivity index (χ1v) is 17.9. The van der Waals surface area contributed by atoms with Crippen molar-refractivity contribution in [3.63, 3.8) is 0 Å². The molecule has 0 N–H and O–H groups in total. The van der Waals surface area contributed by atoms with Crippen molar-refractivity contribution >= 4 is 65.4 Å². The largest absolute Gasteiger partial charge is 0.309 e. The Labute approximate surface area is 305 Å². The van der Waals surface area contributed by atoms with Crippen LogP contribution in [0, 0.1) is 11.3 Å². The van der Waals surface area contributed by atoms with Crippen LogP contribution < -0.4 is 0 Å². The third kappa shape index (κ3) is 4.29. The fraction of sp³-hybridized carbons (Fsp3) is 0. The zero-order chi connectivity index (χ0) is 35.0. The van der Waals surface area contributed by atoms with E-state index in [2.05, 4.69) is 177 Å². The molecule has 0 fully saturated rings. The molecule has 11 rings (SSSR count). The van der Waals surface area contributed by atoms with E-state index in [9.17, 15) is 5.26 Å².